The number of nitrogens with zero attached hydrogens (tertiary/aromatic N) is 1. The quantitative estimate of drug-likeness (QED) is 0.928. The van der Waals surface area contributed by atoms with Gasteiger partial charge < -0.3 is 15.0 Å². The third-order valence-corrected chi connectivity index (χ3v) is 4.30. The van der Waals surface area contributed by atoms with Crippen LogP contribution in [0.25, 0.3) is 0 Å². The summed E-state index contributed by atoms with van der Waals surface area (Å²) < 4.78 is 5.29. The van der Waals surface area contributed by atoms with Gasteiger partial charge in [0.05, 0.1) is 19.3 Å². The molecule has 0 spiro atoms. The summed E-state index contributed by atoms with van der Waals surface area (Å²) in [4.78, 5) is 14.5. The fraction of sp³-hybridized carbons (Fsp3) is 0.278. The van der Waals surface area contributed by atoms with Crippen molar-refractivity contribution in [2.45, 2.75) is 19.4 Å². The number of hydrogen-bond acceptors (Lipinski definition) is 3. The van der Waals surface area contributed by atoms with Crippen molar-refractivity contribution in [3.05, 3.63) is 53.1 Å². The molecule has 0 saturated heterocycles. The number of nitrogens with one attached hydrogen (secondary N) is 1. The van der Waals surface area contributed by atoms with E-state index in [0.717, 1.165) is 12.1 Å². The molecule has 1 unspecified atom stereocenters. The van der Waals surface area contributed by atoms with Gasteiger partial charge in [-0.1, -0.05) is 29.8 Å². The summed E-state index contributed by atoms with van der Waals surface area (Å²) in [7, 11) is 1.59. The number of fused-ring (bicyclic) bond motifs is 1. The highest BCUT2D eigenvalue weighted by Gasteiger charge is 2.30. The number of halogens is 1. The van der Waals surface area contributed by atoms with Gasteiger partial charge in [0.1, 0.15) is 5.75 Å². The first-order valence-corrected chi connectivity index (χ1v) is 7.95. The molecule has 4 nitrogen and oxygen atoms in total. The van der Waals surface area contributed by atoms with Crippen LogP contribution < -0.4 is 15.0 Å². The molecule has 1 N–H and O–H groups in total. The minimum atomic E-state index is 0.0319. The van der Waals surface area contributed by atoms with Crippen LogP contribution in [-0.4, -0.2) is 25.6 Å². The zero-order valence-corrected chi connectivity index (χ0v) is 13.9. The summed E-state index contributed by atoms with van der Waals surface area (Å²) in [6, 6.07) is 13.5. The lowest BCUT2D eigenvalue weighted by atomic mass is 10.1. The molecule has 3 rings (SSSR count). The Hall–Kier alpha value is -2.20. The lowest BCUT2D eigenvalue weighted by molar-refractivity contribution is -0.117. The number of hydrogen-bond donors (Lipinski definition) is 1. The Balaban J connectivity index is 1.74. The van der Waals surface area contributed by atoms with E-state index in [1.807, 2.05) is 23.1 Å². The number of methoxy groups -OCH3 is 1. The molecule has 0 radical (unpaired) electrons. The maximum Gasteiger partial charge on any atom is 0.246 e. The first kappa shape index (κ1) is 15.7. The minimum absolute atomic E-state index is 0.0319. The molecule has 0 fully saturated rings. The van der Waals surface area contributed by atoms with Gasteiger partial charge in [0, 0.05) is 16.8 Å². The maximum atomic E-state index is 12.7. The lowest BCUT2D eigenvalue weighted by Crippen LogP contribution is -2.39. The van der Waals surface area contributed by atoms with Crippen molar-refractivity contribution in [3.8, 4) is 5.75 Å². The van der Waals surface area contributed by atoms with Crippen molar-refractivity contribution in [3.63, 3.8) is 0 Å². The van der Waals surface area contributed by atoms with E-state index in [0.29, 0.717) is 16.5 Å². The van der Waals surface area contributed by atoms with Gasteiger partial charge in [-0.3, -0.25) is 4.79 Å². The lowest BCUT2D eigenvalue weighted by Gasteiger charge is -2.23. The second kappa shape index (κ2) is 6.50. The predicted octanol–water partition coefficient (Wildman–Crippen LogP) is 3.74. The van der Waals surface area contributed by atoms with E-state index < -0.39 is 0 Å². The molecule has 120 valence electrons. The van der Waals surface area contributed by atoms with Gasteiger partial charge >= 0.3 is 0 Å². The highest BCUT2D eigenvalue weighted by Crippen LogP contribution is 2.32. The SMILES string of the molecule is COc1ccc(Cl)cc1NCC(=O)N1c2ccccc2CC1C. The minimum Gasteiger partial charge on any atom is -0.495 e. The molecule has 2 aromatic rings. The molecule has 2 aromatic carbocycles. The number of benzene rings is 2. The van der Waals surface area contributed by atoms with E-state index >= 15 is 0 Å². The molecule has 0 saturated carbocycles. The number of carbonyl (C=O) groups is 1. The number of ether oxygens (including phenoxy) is 1. The Kier molecular flexibility index (Phi) is 4.44. The Morgan fingerprint density at radius 3 is 2.91 bits per heavy atom. The monoisotopic (exact) mass is 330 g/mol. The molecule has 1 atom stereocenters. The van der Waals surface area contributed by atoms with E-state index in [1.54, 1.807) is 25.3 Å². The van der Waals surface area contributed by atoms with Crippen molar-refractivity contribution in [2.75, 3.05) is 23.9 Å². The van der Waals surface area contributed by atoms with Crippen molar-refractivity contribution in [1.82, 2.24) is 0 Å². The number of amides is 1. The van der Waals surface area contributed by atoms with Crippen molar-refractivity contribution in [1.29, 1.82) is 0 Å². The van der Waals surface area contributed by atoms with Crippen LogP contribution >= 0.6 is 11.6 Å². The smallest absolute Gasteiger partial charge is 0.246 e. The molecule has 1 heterocycles. The van der Waals surface area contributed by atoms with Crippen LogP contribution in [-0.2, 0) is 11.2 Å². The third kappa shape index (κ3) is 3.13. The Bertz CT molecular complexity index is 733. The largest absolute Gasteiger partial charge is 0.495 e. The fourth-order valence-corrected chi connectivity index (χ4v) is 3.19. The number of carbonyl (C=O) groups excluding carboxylic acids is 1. The Labute approximate surface area is 141 Å². The van der Waals surface area contributed by atoms with E-state index in [2.05, 4.69) is 18.3 Å². The maximum absolute atomic E-state index is 12.7. The zero-order valence-electron chi connectivity index (χ0n) is 13.2. The second-order valence-electron chi connectivity index (χ2n) is 5.64. The first-order chi connectivity index (χ1) is 11.1. The topological polar surface area (TPSA) is 41.6 Å². The number of anilines is 2. The summed E-state index contributed by atoms with van der Waals surface area (Å²) in [6.07, 6.45) is 0.891. The van der Waals surface area contributed by atoms with E-state index in [-0.39, 0.29) is 18.5 Å². The van der Waals surface area contributed by atoms with Gasteiger partial charge in [0.15, 0.2) is 0 Å². The summed E-state index contributed by atoms with van der Waals surface area (Å²) in [5.74, 6) is 0.696. The van der Waals surface area contributed by atoms with E-state index in [4.69, 9.17) is 16.3 Å². The van der Waals surface area contributed by atoms with Gasteiger partial charge in [-0.2, -0.15) is 0 Å². The van der Waals surface area contributed by atoms with Gasteiger partial charge in [-0.05, 0) is 43.2 Å². The summed E-state index contributed by atoms with van der Waals surface area (Å²) >= 11 is 6.02. The molecule has 5 heteroatoms. The predicted molar refractivity (Wildman–Crippen MR) is 93.6 cm³/mol. The summed E-state index contributed by atoms with van der Waals surface area (Å²) in [5.41, 5.74) is 2.94. The van der Waals surface area contributed by atoms with Crippen LogP contribution in [0.1, 0.15) is 12.5 Å². The van der Waals surface area contributed by atoms with Crippen molar-refractivity contribution < 1.29 is 9.53 Å². The second-order valence-corrected chi connectivity index (χ2v) is 6.08. The molecule has 0 bridgehead atoms. The van der Waals surface area contributed by atoms with Crippen LogP contribution in [0.2, 0.25) is 5.02 Å². The Morgan fingerprint density at radius 2 is 2.13 bits per heavy atom. The fourth-order valence-electron chi connectivity index (χ4n) is 3.02. The van der Waals surface area contributed by atoms with Gasteiger partial charge in [-0.15, -0.1) is 0 Å². The van der Waals surface area contributed by atoms with Crippen LogP contribution in [0.15, 0.2) is 42.5 Å². The van der Waals surface area contributed by atoms with Crippen LogP contribution in [0.5, 0.6) is 5.75 Å². The zero-order chi connectivity index (χ0) is 16.4. The Morgan fingerprint density at radius 1 is 1.35 bits per heavy atom. The average molecular weight is 331 g/mol. The molecular formula is C18H19ClN2O2. The summed E-state index contributed by atoms with van der Waals surface area (Å²) in [6.45, 7) is 2.26. The molecule has 0 aromatic heterocycles. The first-order valence-electron chi connectivity index (χ1n) is 7.57. The van der Waals surface area contributed by atoms with Crippen LogP contribution in [0.3, 0.4) is 0 Å². The molecule has 1 aliphatic rings. The average Bonchev–Trinajstić information content (AvgIpc) is 2.88. The van der Waals surface area contributed by atoms with Gasteiger partial charge in [-0.25, -0.2) is 0 Å². The third-order valence-electron chi connectivity index (χ3n) is 4.07. The number of rotatable bonds is 4. The van der Waals surface area contributed by atoms with Gasteiger partial charge in [0.2, 0.25) is 5.91 Å². The molecule has 23 heavy (non-hydrogen) atoms. The highest BCUT2D eigenvalue weighted by atomic mass is 35.5. The van der Waals surface area contributed by atoms with Crippen molar-refractivity contribution >= 4 is 28.9 Å². The standard InChI is InChI=1S/C18H19ClN2O2/c1-12-9-13-5-3-4-6-16(13)21(12)18(22)11-20-15-10-14(19)7-8-17(15)23-2/h3-8,10,12,20H,9,11H2,1-2H3. The molecular weight excluding hydrogens is 312 g/mol. The van der Waals surface area contributed by atoms with Crippen LogP contribution in [0, 0.1) is 0 Å². The molecule has 1 amide bonds. The molecule has 0 aliphatic carbocycles. The van der Waals surface area contributed by atoms with Crippen LogP contribution in [0.4, 0.5) is 11.4 Å². The number of para-hydroxylation sites is 1. The normalized spacial score (nSPS) is 16.1. The van der Waals surface area contributed by atoms with E-state index in [9.17, 15) is 4.79 Å². The molecule has 1 aliphatic heterocycles. The highest BCUT2D eigenvalue weighted by molar-refractivity contribution is 6.31. The van der Waals surface area contributed by atoms with Crippen molar-refractivity contribution in [2.24, 2.45) is 0 Å². The van der Waals surface area contributed by atoms with Gasteiger partial charge in [0.25, 0.3) is 0 Å². The van der Waals surface area contributed by atoms with E-state index in [1.165, 1.54) is 5.56 Å². The summed E-state index contributed by atoms with van der Waals surface area (Å²) in [5, 5.41) is 3.73.